The normalized spacial score (nSPS) is 18.0. The van der Waals surface area contributed by atoms with Gasteiger partial charge in [-0.25, -0.2) is 0 Å². The Morgan fingerprint density at radius 2 is 2.00 bits per heavy atom. The molecule has 0 fully saturated rings. The maximum atomic E-state index is 11.2. The van der Waals surface area contributed by atoms with Gasteiger partial charge in [0.15, 0.2) is 17.1 Å². The summed E-state index contributed by atoms with van der Waals surface area (Å²) >= 11 is 0. The third-order valence-corrected chi connectivity index (χ3v) is 2.79. The van der Waals surface area contributed by atoms with Crippen LogP contribution in [0.1, 0.15) is 18.9 Å². The molecule has 0 saturated carbocycles. The summed E-state index contributed by atoms with van der Waals surface area (Å²) in [7, 11) is 0. The minimum Gasteiger partial charge on any atom is -0.490 e. The van der Waals surface area contributed by atoms with Crippen molar-refractivity contribution < 1.29 is 19.4 Å². The molecule has 3 N–H and O–H groups in total. The number of rotatable bonds is 2. The van der Waals surface area contributed by atoms with Gasteiger partial charge in [-0.05, 0) is 24.6 Å². The van der Waals surface area contributed by atoms with E-state index >= 15 is 0 Å². The molecule has 5 heteroatoms. The van der Waals surface area contributed by atoms with Gasteiger partial charge < -0.3 is 20.3 Å². The predicted octanol–water partition coefficient (Wildman–Crippen LogP) is 0.541. The number of hydrogen-bond donors (Lipinski definition) is 2. The van der Waals surface area contributed by atoms with E-state index in [1.807, 2.05) is 0 Å². The highest BCUT2D eigenvalue weighted by molar-refractivity contribution is 5.84. The van der Waals surface area contributed by atoms with Gasteiger partial charge in [0, 0.05) is 6.42 Å². The van der Waals surface area contributed by atoms with Crippen molar-refractivity contribution >= 4 is 5.91 Å². The van der Waals surface area contributed by atoms with Gasteiger partial charge in [0.05, 0.1) is 13.2 Å². The molecule has 1 aromatic rings. The first-order chi connectivity index (χ1) is 8.01. The van der Waals surface area contributed by atoms with Gasteiger partial charge in [0.25, 0.3) is 5.91 Å². The molecule has 1 amide bonds. The maximum Gasteiger partial charge on any atom is 0.253 e. The fourth-order valence-electron chi connectivity index (χ4n) is 1.61. The Morgan fingerprint density at radius 3 is 2.65 bits per heavy atom. The van der Waals surface area contributed by atoms with Crippen LogP contribution >= 0.6 is 0 Å². The molecular weight excluding hydrogens is 222 g/mol. The number of fused-ring (bicyclic) bond motifs is 1. The highest BCUT2D eigenvalue weighted by Crippen LogP contribution is 2.33. The van der Waals surface area contributed by atoms with Crippen LogP contribution in [0.5, 0.6) is 11.5 Å². The molecule has 0 radical (unpaired) electrons. The third kappa shape index (κ3) is 2.19. The largest absolute Gasteiger partial charge is 0.490 e. The zero-order valence-corrected chi connectivity index (χ0v) is 9.60. The topological polar surface area (TPSA) is 81.8 Å². The summed E-state index contributed by atoms with van der Waals surface area (Å²) in [6, 6.07) is 4.87. The summed E-state index contributed by atoms with van der Waals surface area (Å²) in [5.74, 6) is 0.347. The molecule has 0 spiro atoms. The zero-order chi connectivity index (χ0) is 12.5. The molecule has 0 bridgehead atoms. The number of nitrogens with two attached hydrogens (primary N) is 1. The van der Waals surface area contributed by atoms with Gasteiger partial charge in [-0.15, -0.1) is 0 Å². The van der Waals surface area contributed by atoms with Crippen molar-refractivity contribution in [3.63, 3.8) is 0 Å². The first-order valence-corrected chi connectivity index (χ1v) is 5.44. The van der Waals surface area contributed by atoms with E-state index in [0.29, 0.717) is 30.3 Å². The van der Waals surface area contributed by atoms with Gasteiger partial charge in [-0.3, -0.25) is 4.79 Å². The second-order valence-electron chi connectivity index (χ2n) is 4.15. The van der Waals surface area contributed by atoms with E-state index in [9.17, 15) is 9.90 Å². The number of carbonyl (C=O) groups is 1. The number of benzene rings is 1. The summed E-state index contributed by atoms with van der Waals surface area (Å²) in [5.41, 5.74) is 3.84. The average molecular weight is 237 g/mol. The molecule has 1 heterocycles. The van der Waals surface area contributed by atoms with Gasteiger partial charge in [-0.1, -0.05) is 6.07 Å². The molecule has 1 atom stereocenters. The second kappa shape index (κ2) is 4.25. The number of carbonyl (C=O) groups excluding carboxylic acids is 1. The molecule has 17 heavy (non-hydrogen) atoms. The lowest BCUT2D eigenvalue weighted by molar-refractivity contribution is -0.135. The summed E-state index contributed by atoms with van der Waals surface area (Å²) < 4.78 is 10.9. The minimum atomic E-state index is -1.70. The maximum absolute atomic E-state index is 11.2. The van der Waals surface area contributed by atoms with Gasteiger partial charge >= 0.3 is 0 Å². The Morgan fingerprint density at radius 1 is 1.35 bits per heavy atom. The molecule has 0 saturated heterocycles. The monoisotopic (exact) mass is 237 g/mol. The fraction of sp³-hybridized carbons (Fsp3) is 0.417. The van der Waals surface area contributed by atoms with Crippen LogP contribution in [0.2, 0.25) is 0 Å². The van der Waals surface area contributed by atoms with E-state index in [0.717, 1.165) is 6.42 Å². The van der Waals surface area contributed by atoms with E-state index < -0.39 is 11.5 Å². The van der Waals surface area contributed by atoms with Crippen molar-refractivity contribution in [2.75, 3.05) is 13.2 Å². The number of aliphatic hydroxyl groups is 1. The standard InChI is InChI=1S/C12H15NO4/c1-12(15,11(13)14)8-3-4-9-10(7-8)17-6-2-5-16-9/h3-4,7,15H,2,5-6H2,1H3,(H2,13,14). The first kappa shape index (κ1) is 11.7. The smallest absolute Gasteiger partial charge is 0.253 e. The Labute approximate surface area is 99.1 Å². The molecule has 1 aromatic carbocycles. The predicted molar refractivity (Wildman–Crippen MR) is 60.8 cm³/mol. The molecule has 0 aliphatic carbocycles. The first-order valence-electron chi connectivity index (χ1n) is 5.44. The van der Waals surface area contributed by atoms with Crippen molar-refractivity contribution in [3.05, 3.63) is 23.8 Å². The molecule has 92 valence electrons. The summed E-state index contributed by atoms with van der Waals surface area (Å²) in [6.07, 6.45) is 0.802. The van der Waals surface area contributed by atoms with Crippen LogP contribution in [0.15, 0.2) is 18.2 Å². The van der Waals surface area contributed by atoms with E-state index in [1.165, 1.54) is 6.92 Å². The quantitative estimate of drug-likeness (QED) is 0.786. The molecule has 5 nitrogen and oxygen atoms in total. The third-order valence-electron chi connectivity index (χ3n) is 2.79. The Hall–Kier alpha value is -1.75. The Bertz CT molecular complexity index is 442. The van der Waals surface area contributed by atoms with Gasteiger partial charge in [-0.2, -0.15) is 0 Å². The summed E-state index contributed by atoms with van der Waals surface area (Å²) in [6.45, 7) is 2.50. The number of ether oxygens (including phenoxy) is 2. The molecule has 1 aliphatic heterocycles. The Balaban J connectivity index is 2.39. The molecular formula is C12H15NO4. The lowest BCUT2D eigenvalue weighted by Gasteiger charge is -2.20. The van der Waals surface area contributed by atoms with E-state index in [-0.39, 0.29) is 0 Å². The Kier molecular flexibility index (Phi) is 2.93. The van der Waals surface area contributed by atoms with Crippen molar-refractivity contribution in [2.45, 2.75) is 18.9 Å². The van der Waals surface area contributed by atoms with Crippen molar-refractivity contribution in [2.24, 2.45) is 5.73 Å². The molecule has 0 aromatic heterocycles. The van der Waals surface area contributed by atoms with Crippen LogP contribution in [-0.4, -0.2) is 24.2 Å². The number of amides is 1. The highest BCUT2D eigenvalue weighted by Gasteiger charge is 2.31. The van der Waals surface area contributed by atoms with E-state index in [1.54, 1.807) is 18.2 Å². The lowest BCUT2D eigenvalue weighted by Crippen LogP contribution is -2.38. The van der Waals surface area contributed by atoms with Crippen LogP contribution in [0.3, 0.4) is 0 Å². The minimum absolute atomic E-state index is 0.397. The van der Waals surface area contributed by atoms with Crippen LogP contribution in [0.25, 0.3) is 0 Å². The van der Waals surface area contributed by atoms with Crippen molar-refractivity contribution in [1.29, 1.82) is 0 Å². The fourth-order valence-corrected chi connectivity index (χ4v) is 1.61. The highest BCUT2D eigenvalue weighted by atomic mass is 16.5. The molecule has 1 aliphatic rings. The van der Waals surface area contributed by atoms with Crippen molar-refractivity contribution in [1.82, 2.24) is 0 Å². The average Bonchev–Trinajstić information content (AvgIpc) is 2.52. The van der Waals surface area contributed by atoms with Crippen molar-refractivity contribution in [3.8, 4) is 11.5 Å². The second-order valence-corrected chi connectivity index (χ2v) is 4.15. The van der Waals surface area contributed by atoms with Crippen LogP contribution in [-0.2, 0) is 10.4 Å². The van der Waals surface area contributed by atoms with E-state index in [2.05, 4.69) is 0 Å². The van der Waals surface area contributed by atoms with Gasteiger partial charge in [0.2, 0.25) is 0 Å². The summed E-state index contributed by atoms with van der Waals surface area (Å²) in [5, 5.41) is 9.96. The molecule has 2 rings (SSSR count). The van der Waals surface area contributed by atoms with Crippen LogP contribution < -0.4 is 15.2 Å². The zero-order valence-electron chi connectivity index (χ0n) is 9.60. The van der Waals surface area contributed by atoms with Crippen LogP contribution in [0.4, 0.5) is 0 Å². The molecule has 1 unspecified atom stereocenters. The van der Waals surface area contributed by atoms with E-state index in [4.69, 9.17) is 15.2 Å². The number of primary amides is 1. The number of hydrogen-bond acceptors (Lipinski definition) is 4. The van der Waals surface area contributed by atoms with Crippen LogP contribution in [0, 0.1) is 0 Å². The summed E-state index contributed by atoms with van der Waals surface area (Å²) in [4.78, 5) is 11.2. The lowest BCUT2D eigenvalue weighted by atomic mass is 9.95. The van der Waals surface area contributed by atoms with Gasteiger partial charge in [0.1, 0.15) is 0 Å². The SMILES string of the molecule is CC(O)(C(N)=O)c1ccc2c(c1)OCCCO2.